The molecule has 0 saturated carbocycles. The summed E-state index contributed by atoms with van der Waals surface area (Å²) in [6.07, 6.45) is 6.74. The molecule has 0 bridgehead atoms. The fourth-order valence-electron chi connectivity index (χ4n) is 0.340. The van der Waals surface area contributed by atoms with Crippen LogP contribution >= 0.6 is 0 Å². The number of unbranched alkanes of at least 4 members (excludes halogenated alkanes) is 1. The van der Waals surface area contributed by atoms with Crippen molar-refractivity contribution in [3.05, 3.63) is 12.2 Å². The van der Waals surface area contributed by atoms with E-state index < -0.39 is 0 Å². The Hall–Kier alpha value is -0.770. The van der Waals surface area contributed by atoms with Gasteiger partial charge in [0.15, 0.2) is 0 Å². The van der Waals surface area contributed by atoms with E-state index in [9.17, 15) is 4.39 Å². The van der Waals surface area contributed by atoms with Crippen molar-refractivity contribution in [2.24, 2.45) is 0 Å². The van der Waals surface area contributed by atoms with Crippen LogP contribution in [0.4, 0.5) is 4.39 Å². The van der Waals surface area contributed by atoms with Gasteiger partial charge in [0.05, 0.1) is 0 Å². The van der Waals surface area contributed by atoms with Gasteiger partial charge in [-0.05, 0) is 18.4 Å². The lowest BCUT2D eigenvalue weighted by molar-refractivity contribution is 0.774. The van der Waals surface area contributed by atoms with Crippen LogP contribution in [0.5, 0.6) is 0 Å². The third-order valence-corrected chi connectivity index (χ3v) is 0.711. The second-order valence-electron chi connectivity index (χ2n) is 1.43. The summed E-state index contributed by atoms with van der Waals surface area (Å²) >= 11 is 0. The Morgan fingerprint density at radius 2 is 2.38 bits per heavy atom. The van der Waals surface area contributed by atoms with Crippen molar-refractivity contribution in [3.63, 3.8) is 0 Å². The Labute approximate surface area is 49.4 Å². The van der Waals surface area contributed by atoms with Crippen LogP contribution in [0.1, 0.15) is 19.8 Å². The molecule has 0 aliphatic carbocycles. The van der Waals surface area contributed by atoms with Crippen LogP contribution in [0.25, 0.3) is 0 Å². The first-order valence-corrected chi connectivity index (χ1v) is 2.68. The summed E-state index contributed by atoms with van der Waals surface area (Å²) in [5.74, 6) is 2.19. The average molecular weight is 112 g/mol. The molecular formula is C7H9F. The molecule has 0 amide bonds. The minimum absolute atomic E-state index is 0.981. The summed E-state index contributed by atoms with van der Waals surface area (Å²) in [6, 6.07) is 0. The monoisotopic (exact) mass is 112 g/mol. The molecule has 0 nitrogen and oxygen atoms in total. The quantitative estimate of drug-likeness (QED) is 0.481. The minimum atomic E-state index is 0.981. The van der Waals surface area contributed by atoms with Gasteiger partial charge in [-0.3, -0.25) is 0 Å². The SMILES string of the molecule is CCCC=CC#CF. The standard InChI is InChI=1S/C7H9F/c1-2-3-4-5-6-7-8/h4-5H,2-3H2,1H3. The summed E-state index contributed by atoms with van der Waals surface area (Å²) < 4.78 is 11.0. The molecule has 0 saturated heterocycles. The minimum Gasteiger partial charge on any atom is -0.144 e. The molecule has 0 aliphatic rings. The second-order valence-corrected chi connectivity index (χ2v) is 1.43. The number of rotatable bonds is 2. The van der Waals surface area contributed by atoms with Gasteiger partial charge in [0.2, 0.25) is 0 Å². The Balaban J connectivity index is 3.16. The lowest BCUT2D eigenvalue weighted by Gasteiger charge is -1.76. The summed E-state index contributed by atoms with van der Waals surface area (Å²) in [5, 5.41) is 0. The van der Waals surface area contributed by atoms with E-state index in [0.29, 0.717) is 0 Å². The van der Waals surface area contributed by atoms with Crippen molar-refractivity contribution in [1.82, 2.24) is 0 Å². The molecule has 0 aromatic heterocycles. The molecule has 0 aromatic rings. The Bertz CT molecular complexity index is 114. The molecule has 0 aliphatic heterocycles. The third kappa shape index (κ3) is 5.23. The zero-order chi connectivity index (χ0) is 6.24. The topological polar surface area (TPSA) is 0 Å². The Morgan fingerprint density at radius 1 is 1.62 bits per heavy atom. The van der Waals surface area contributed by atoms with E-state index >= 15 is 0 Å². The highest BCUT2D eigenvalue weighted by atomic mass is 19.1. The van der Waals surface area contributed by atoms with Gasteiger partial charge in [-0.25, -0.2) is 0 Å². The first-order chi connectivity index (χ1) is 3.91. The number of hydrogen-bond acceptors (Lipinski definition) is 0. The normalized spacial score (nSPS) is 8.75. The van der Waals surface area contributed by atoms with Crippen LogP contribution in [0.15, 0.2) is 12.2 Å². The van der Waals surface area contributed by atoms with Crippen LogP contribution in [-0.2, 0) is 0 Å². The van der Waals surface area contributed by atoms with E-state index in [1.165, 1.54) is 12.3 Å². The lowest BCUT2D eigenvalue weighted by atomic mass is 10.3. The summed E-state index contributed by atoms with van der Waals surface area (Å²) in [6.45, 7) is 2.06. The first kappa shape index (κ1) is 7.23. The highest BCUT2D eigenvalue weighted by Gasteiger charge is 1.67. The number of hydrogen-bond donors (Lipinski definition) is 0. The molecule has 1 heteroatoms. The van der Waals surface area contributed by atoms with Crippen molar-refractivity contribution in [3.8, 4) is 12.1 Å². The first-order valence-electron chi connectivity index (χ1n) is 2.68. The maximum Gasteiger partial charge on any atom is 0.110 e. The van der Waals surface area contributed by atoms with Crippen LogP contribution in [-0.4, -0.2) is 0 Å². The maximum absolute atomic E-state index is 11.0. The molecule has 0 atom stereocenters. The largest absolute Gasteiger partial charge is 0.144 e. The summed E-state index contributed by atoms with van der Waals surface area (Å²) in [4.78, 5) is 0. The van der Waals surface area contributed by atoms with E-state index in [-0.39, 0.29) is 0 Å². The Morgan fingerprint density at radius 3 is 2.88 bits per heavy atom. The Kier molecular flexibility index (Phi) is 5.63. The predicted octanol–water partition coefficient (Wildman–Crippen LogP) is 2.27. The van der Waals surface area contributed by atoms with Crippen LogP contribution in [0, 0.1) is 12.1 Å². The van der Waals surface area contributed by atoms with Crippen molar-refractivity contribution in [1.29, 1.82) is 0 Å². The average Bonchev–Trinajstić information content (AvgIpc) is 1.81. The zero-order valence-corrected chi connectivity index (χ0v) is 4.95. The summed E-state index contributed by atoms with van der Waals surface area (Å²) in [5.41, 5.74) is 0. The van der Waals surface area contributed by atoms with Gasteiger partial charge in [-0.1, -0.05) is 19.4 Å². The molecule has 8 heavy (non-hydrogen) atoms. The second kappa shape index (κ2) is 6.23. The van der Waals surface area contributed by atoms with E-state index in [4.69, 9.17) is 0 Å². The van der Waals surface area contributed by atoms with Gasteiger partial charge in [-0.2, -0.15) is 0 Å². The van der Waals surface area contributed by atoms with Crippen LogP contribution in [0.3, 0.4) is 0 Å². The van der Waals surface area contributed by atoms with Crippen LogP contribution < -0.4 is 0 Å². The van der Waals surface area contributed by atoms with Gasteiger partial charge in [0.25, 0.3) is 0 Å². The molecule has 0 radical (unpaired) electrons. The van der Waals surface area contributed by atoms with Gasteiger partial charge in [0, 0.05) is 0 Å². The summed E-state index contributed by atoms with van der Waals surface area (Å²) in [7, 11) is 0. The zero-order valence-electron chi connectivity index (χ0n) is 4.95. The fourth-order valence-corrected chi connectivity index (χ4v) is 0.340. The van der Waals surface area contributed by atoms with Crippen molar-refractivity contribution in [2.45, 2.75) is 19.8 Å². The smallest absolute Gasteiger partial charge is 0.110 e. The molecule has 0 heterocycles. The molecule has 44 valence electrons. The van der Waals surface area contributed by atoms with E-state index in [0.717, 1.165) is 12.8 Å². The lowest BCUT2D eigenvalue weighted by Crippen LogP contribution is -1.57. The fraction of sp³-hybridized carbons (Fsp3) is 0.429. The molecule has 0 fully saturated rings. The molecular weight excluding hydrogens is 103 g/mol. The highest BCUT2D eigenvalue weighted by Crippen LogP contribution is 1.86. The molecule has 0 spiro atoms. The van der Waals surface area contributed by atoms with Gasteiger partial charge in [0.1, 0.15) is 6.17 Å². The molecule has 0 N–H and O–H groups in total. The highest BCUT2D eigenvalue weighted by molar-refractivity contribution is 5.11. The molecule has 0 unspecified atom stereocenters. The van der Waals surface area contributed by atoms with Gasteiger partial charge < -0.3 is 0 Å². The number of halogens is 1. The third-order valence-electron chi connectivity index (χ3n) is 0.711. The van der Waals surface area contributed by atoms with Crippen LogP contribution in [0.2, 0.25) is 0 Å². The van der Waals surface area contributed by atoms with E-state index in [1.54, 1.807) is 0 Å². The van der Waals surface area contributed by atoms with Gasteiger partial charge in [-0.15, -0.1) is 4.39 Å². The molecule has 0 rings (SSSR count). The van der Waals surface area contributed by atoms with E-state index in [1.807, 2.05) is 6.08 Å². The van der Waals surface area contributed by atoms with Crippen molar-refractivity contribution >= 4 is 0 Å². The number of allylic oxidation sites excluding steroid dienone is 2. The van der Waals surface area contributed by atoms with Gasteiger partial charge >= 0.3 is 0 Å². The van der Waals surface area contributed by atoms with Crippen molar-refractivity contribution in [2.75, 3.05) is 0 Å². The predicted molar refractivity (Wildman–Crippen MR) is 32.9 cm³/mol. The molecule has 0 aromatic carbocycles. The van der Waals surface area contributed by atoms with Crippen molar-refractivity contribution < 1.29 is 4.39 Å². The van der Waals surface area contributed by atoms with E-state index in [2.05, 4.69) is 12.8 Å². The maximum atomic E-state index is 11.0.